The van der Waals surface area contributed by atoms with Gasteiger partial charge in [-0.15, -0.1) is 0 Å². The highest BCUT2D eigenvalue weighted by atomic mass is 16.5. The lowest BCUT2D eigenvalue weighted by Crippen LogP contribution is -2.09. The number of ketones is 1. The molecule has 0 unspecified atom stereocenters. The van der Waals surface area contributed by atoms with Crippen LogP contribution < -0.4 is 4.74 Å². The minimum Gasteiger partial charge on any atom is -0.423 e. The van der Waals surface area contributed by atoms with E-state index in [9.17, 15) is 9.59 Å². The Balaban J connectivity index is 1.69. The Morgan fingerprint density at radius 1 is 0.630 bits per heavy atom. The Labute approximate surface area is 159 Å². The molecular formula is C24H22O3. The van der Waals surface area contributed by atoms with Crippen LogP contribution in [0.15, 0.2) is 72.8 Å². The molecule has 0 N–H and O–H groups in total. The second-order valence-electron chi connectivity index (χ2n) is 6.34. The van der Waals surface area contributed by atoms with Crippen LogP contribution in [-0.2, 0) is 12.8 Å². The average molecular weight is 358 g/mol. The first kappa shape index (κ1) is 18.6. The maximum atomic E-state index is 12.6. The number of rotatable bonds is 6. The zero-order valence-corrected chi connectivity index (χ0v) is 15.6. The number of esters is 1. The Hall–Kier alpha value is -3.20. The van der Waals surface area contributed by atoms with Gasteiger partial charge < -0.3 is 4.74 Å². The minimum atomic E-state index is -0.439. The number of hydrogen-bond acceptors (Lipinski definition) is 3. The van der Waals surface area contributed by atoms with Gasteiger partial charge in [0.05, 0.1) is 5.56 Å². The normalized spacial score (nSPS) is 10.4. The average Bonchev–Trinajstić information content (AvgIpc) is 2.74. The molecule has 0 atom stereocenters. The van der Waals surface area contributed by atoms with Crippen molar-refractivity contribution in [3.8, 4) is 5.75 Å². The molecule has 0 heterocycles. The van der Waals surface area contributed by atoms with Gasteiger partial charge in [0.1, 0.15) is 5.75 Å². The number of ether oxygens (including phenoxy) is 1. The summed E-state index contributed by atoms with van der Waals surface area (Å²) in [6, 6.07) is 21.6. The molecule has 0 radical (unpaired) electrons. The van der Waals surface area contributed by atoms with E-state index in [1.54, 1.807) is 36.4 Å². The standard InChI is InChI=1S/C24H22O3/c1-3-17-5-9-19(10-6-17)23(25)20-11-13-21(14-12-20)24(26)27-22-15-7-18(4-2)8-16-22/h5-16H,3-4H2,1-2H3. The molecule has 0 saturated heterocycles. The number of benzene rings is 3. The monoisotopic (exact) mass is 358 g/mol. The molecule has 3 nitrogen and oxygen atoms in total. The quantitative estimate of drug-likeness (QED) is 0.343. The molecule has 0 saturated carbocycles. The zero-order chi connectivity index (χ0) is 19.2. The van der Waals surface area contributed by atoms with E-state index in [2.05, 4.69) is 13.8 Å². The summed E-state index contributed by atoms with van der Waals surface area (Å²) in [6.45, 7) is 4.15. The molecule has 0 amide bonds. The molecule has 3 heteroatoms. The van der Waals surface area contributed by atoms with Crippen molar-refractivity contribution in [2.75, 3.05) is 0 Å². The van der Waals surface area contributed by atoms with Crippen molar-refractivity contribution in [2.24, 2.45) is 0 Å². The Morgan fingerprint density at radius 3 is 1.52 bits per heavy atom. The van der Waals surface area contributed by atoms with Crippen molar-refractivity contribution in [3.63, 3.8) is 0 Å². The van der Waals surface area contributed by atoms with Crippen molar-refractivity contribution in [1.29, 1.82) is 0 Å². The highest BCUT2D eigenvalue weighted by molar-refractivity contribution is 6.09. The molecule has 27 heavy (non-hydrogen) atoms. The van der Waals surface area contributed by atoms with Crippen LogP contribution in [0, 0.1) is 0 Å². The van der Waals surface area contributed by atoms with Gasteiger partial charge in [-0.1, -0.05) is 62.4 Å². The number of aryl methyl sites for hydroxylation is 2. The van der Waals surface area contributed by atoms with Crippen molar-refractivity contribution in [2.45, 2.75) is 26.7 Å². The lowest BCUT2D eigenvalue weighted by Gasteiger charge is -2.06. The molecular weight excluding hydrogens is 336 g/mol. The van der Waals surface area contributed by atoms with Crippen LogP contribution in [0.3, 0.4) is 0 Å². The van der Waals surface area contributed by atoms with Gasteiger partial charge in [0.25, 0.3) is 0 Å². The summed E-state index contributed by atoms with van der Waals surface area (Å²) >= 11 is 0. The topological polar surface area (TPSA) is 43.4 Å². The van der Waals surface area contributed by atoms with E-state index in [-0.39, 0.29) is 5.78 Å². The van der Waals surface area contributed by atoms with Gasteiger partial charge in [-0.2, -0.15) is 0 Å². The van der Waals surface area contributed by atoms with Crippen molar-refractivity contribution in [3.05, 3.63) is 101 Å². The van der Waals surface area contributed by atoms with Crippen LogP contribution in [0.5, 0.6) is 5.75 Å². The maximum Gasteiger partial charge on any atom is 0.343 e. The molecule has 0 aliphatic rings. The SMILES string of the molecule is CCc1ccc(OC(=O)c2ccc(C(=O)c3ccc(CC)cc3)cc2)cc1. The molecule has 3 rings (SSSR count). The Morgan fingerprint density at radius 2 is 1.04 bits per heavy atom. The number of hydrogen-bond donors (Lipinski definition) is 0. The highest BCUT2D eigenvalue weighted by Gasteiger charge is 2.12. The molecule has 0 aromatic heterocycles. The fourth-order valence-corrected chi connectivity index (χ4v) is 2.78. The van der Waals surface area contributed by atoms with Crippen molar-refractivity contribution in [1.82, 2.24) is 0 Å². The van der Waals surface area contributed by atoms with E-state index in [4.69, 9.17) is 4.74 Å². The lowest BCUT2D eigenvalue weighted by atomic mass is 10.0. The molecule has 0 aliphatic heterocycles. The van der Waals surface area contributed by atoms with E-state index in [0.29, 0.717) is 22.4 Å². The van der Waals surface area contributed by atoms with Crippen LogP contribution in [0.1, 0.15) is 51.3 Å². The van der Waals surface area contributed by atoms with Crippen LogP contribution in [-0.4, -0.2) is 11.8 Å². The lowest BCUT2D eigenvalue weighted by molar-refractivity contribution is 0.0734. The fraction of sp³-hybridized carbons (Fsp3) is 0.167. The zero-order valence-electron chi connectivity index (χ0n) is 15.6. The van der Waals surface area contributed by atoms with Gasteiger partial charge in [-0.05, 0) is 48.2 Å². The summed E-state index contributed by atoms with van der Waals surface area (Å²) in [4.78, 5) is 24.8. The van der Waals surface area contributed by atoms with E-state index in [1.807, 2.05) is 36.4 Å². The first-order valence-electron chi connectivity index (χ1n) is 9.15. The Bertz CT molecular complexity index is 921. The van der Waals surface area contributed by atoms with Gasteiger partial charge in [-0.25, -0.2) is 4.79 Å². The summed E-state index contributed by atoms with van der Waals surface area (Å²) in [5, 5.41) is 0. The van der Waals surface area contributed by atoms with Crippen LogP contribution in [0.2, 0.25) is 0 Å². The van der Waals surface area contributed by atoms with E-state index < -0.39 is 5.97 Å². The second kappa shape index (κ2) is 8.45. The molecule has 136 valence electrons. The third kappa shape index (κ3) is 4.50. The van der Waals surface area contributed by atoms with Gasteiger partial charge in [0.15, 0.2) is 5.78 Å². The first-order chi connectivity index (χ1) is 13.1. The number of carbonyl (C=O) groups excluding carboxylic acids is 2. The third-order valence-electron chi connectivity index (χ3n) is 4.55. The minimum absolute atomic E-state index is 0.0623. The van der Waals surface area contributed by atoms with E-state index >= 15 is 0 Å². The molecule has 3 aromatic rings. The fourth-order valence-electron chi connectivity index (χ4n) is 2.78. The predicted molar refractivity (Wildman–Crippen MR) is 106 cm³/mol. The third-order valence-corrected chi connectivity index (χ3v) is 4.55. The smallest absolute Gasteiger partial charge is 0.343 e. The van der Waals surface area contributed by atoms with Crippen molar-refractivity contribution < 1.29 is 14.3 Å². The molecule has 0 aliphatic carbocycles. The largest absolute Gasteiger partial charge is 0.423 e. The van der Waals surface area contributed by atoms with Gasteiger partial charge in [-0.3, -0.25) is 4.79 Å². The van der Waals surface area contributed by atoms with E-state index in [1.165, 1.54) is 11.1 Å². The number of carbonyl (C=O) groups is 2. The first-order valence-corrected chi connectivity index (χ1v) is 9.15. The van der Waals surface area contributed by atoms with Gasteiger partial charge in [0, 0.05) is 11.1 Å². The highest BCUT2D eigenvalue weighted by Crippen LogP contribution is 2.16. The molecule has 0 fully saturated rings. The van der Waals surface area contributed by atoms with Crippen LogP contribution in [0.25, 0.3) is 0 Å². The van der Waals surface area contributed by atoms with E-state index in [0.717, 1.165) is 12.8 Å². The summed E-state index contributed by atoms with van der Waals surface area (Å²) in [5.41, 5.74) is 3.97. The van der Waals surface area contributed by atoms with Gasteiger partial charge in [0.2, 0.25) is 0 Å². The predicted octanol–water partition coefficient (Wildman–Crippen LogP) is 5.26. The molecule has 3 aromatic carbocycles. The van der Waals surface area contributed by atoms with Crippen molar-refractivity contribution >= 4 is 11.8 Å². The molecule has 0 bridgehead atoms. The second-order valence-corrected chi connectivity index (χ2v) is 6.34. The molecule has 0 spiro atoms. The maximum absolute atomic E-state index is 12.6. The summed E-state index contributed by atoms with van der Waals surface area (Å²) in [7, 11) is 0. The van der Waals surface area contributed by atoms with Crippen LogP contribution in [0.4, 0.5) is 0 Å². The summed E-state index contributed by atoms with van der Waals surface area (Å²) in [6.07, 6.45) is 1.87. The van der Waals surface area contributed by atoms with Crippen LogP contribution >= 0.6 is 0 Å². The Kier molecular flexibility index (Phi) is 5.82. The van der Waals surface area contributed by atoms with Gasteiger partial charge >= 0.3 is 5.97 Å². The summed E-state index contributed by atoms with van der Waals surface area (Å²) < 4.78 is 5.39. The summed E-state index contributed by atoms with van der Waals surface area (Å²) in [5.74, 6) is 0.00615.